The molecule has 11 heteroatoms. The minimum absolute atomic E-state index is 0.0711. The lowest BCUT2D eigenvalue weighted by Gasteiger charge is -2.27. The molecule has 0 saturated heterocycles. The summed E-state index contributed by atoms with van der Waals surface area (Å²) < 4.78 is 34.9. The number of rotatable bonds is 5. The van der Waals surface area contributed by atoms with Crippen molar-refractivity contribution >= 4 is 47.0 Å². The molecule has 2 aromatic carbocycles. The number of alkyl carbamates (subject to hydrolysis) is 1. The predicted molar refractivity (Wildman–Crippen MR) is 135 cm³/mol. The first-order valence-corrected chi connectivity index (χ1v) is 12.6. The summed E-state index contributed by atoms with van der Waals surface area (Å²) in [5, 5.41) is 5.38. The van der Waals surface area contributed by atoms with Crippen LogP contribution in [0.25, 0.3) is 0 Å². The number of carbonyl (C=O) groups is 3. The van der Waals surface area contributed by atoms with E-state index in [0.717, 1.165) is 17.8 Å². The molecule has 0 radical (unpaired) electrons. The van der Waals surface area contributed by atoms with Crippen molar-refractivity contribution in [2.24, 2.45) is 0 Å². The first kappa shape index (κ1) is 27.7. The Bertz CT molecular complexity index is 1190. The van der Waals surface area contributed by atoms with E-state index in [4.69, 9.17) is 16.3 Å². The van der Waals surface area contributed by atoms with E-state index in [9.17, 15) is 23.2 Å². The van der Waals surface area contributed by atoms with Crippen molar-refractivity contribution in [3.63, 3.8) is 0 Å². The van der Waals surface area contributed by atoms with Gasteiger partial charge in [-0.2, -0.15) is 0 Å². The van der Waals surface area contributed by atoms with Gasteiger partial charge < -0.3 is 20.3 Å². The number of nitrogens with zero attached hydrogens (tertiary/aromatic N) is 1. The molecule has 36 heavy (non-hydrogen) atoms. The van der Waals surface area contributed by atoms with Gasteiger partial charge in [0, 0.05) is 27.3 Å². The van der Waals surface area contributed by atoms with Crippen molar-refractivity contribution in [3.05, 3.63) is 58.1 Å². The van der Waals surface area contributed by atoms with E-state index in [2.05, 4.69) is 10.6 Å². The van der Waals surface area contributed by atoms with Crippen molar-refractivity contribution in [2.45, 2.75) is 63.7 Å². The van der Waals surface area contributed by atoms with Gasteiger partial charge in [0.05, 0.1) is 17.8 Å². The summed E-state index contributed by atoms with van der Waals surface area (Å²) in [5.74, 6) is -2.54. The van der Waals surface area contributed by atoms with E-state index in [1.54, 1.807) is 34.6 Å². The highest BCUT2D eigenvalue weighted by Gasteiger charge is 2.35. The fourth-order valence-corrected chi connectivity index (χ4v) is 4.71. The molecule has 0 saturated carbocycles. The zero-order valence-electron chi connectivity index (χ0n) is 20.6. The smallest absolute Gasteiger partial charge is 0.408 e. The average Bonchev–Trinajstić information content (AvgIpc) is 2.85. The molecule has 0 aliphatic carbocycles. The molecule has 3 rings (SSSR count). The fraction of sp³-hybridized carbons (Fsp3) is 0.400. The molecule has 194 valence electrons. The van der Waals surface area contributed by atoms with Gasteiger partial charge in [-0.15, -0.1) is 11.8 Å². The van der Waals surface area contributed by atoms with Gasteiger partial charge in [0.25, 0.3) is 11.8 Å². The molecule has 2 aromatic rings. The molecule has 3 amide bonds. The molecule has 1 aliphatic rings. The molecule has 0 unspecified atom stereocenters. The minimum atomic E-state index is -1.05. The summed E-state index contributed by atoms with van der Waals surface area (Å²) >= 11 is 7.00. The van der Waals surface area contributed by atoms with E-state index >= 15 is 0 Å². The van der Waals surface area contributed by atoms with Crippen LogP contribution in [0.1, 0.15) is 50.5 Å². The second-order valence-corrected chi connectivity index (χ2v) is 11.1. The predicted octanol–water partition coefficient (Wildman–Crippen LogP) is 5.29. The lowest BCUT2D eigenvalue weighted by Crippen LogP contribution is -2.50. The number of carbonyl (C=O) groups excluding carboxylic acids is 3. The quantitative estimate of drug-likeness (QED) is 0.539. The number of halogens is 3. The summed E-state index contributed by atoms with van der Waals surface area (Å²) in [6, 6.07) is 5.20. The van der Waals surface area contributed by atoms with Crippen LogP contribution in [0.2, 0.25) is 5.02 Å². The summed E-state index contributed by atoms with van der Waals surface area (Å²) in [6.45, 7) is 8.30. The highest BCUT2D eigenvalue weighted by atomic mass is 35.5. The van der Waals surface area contributed by atoms with Crippen LogP contribution in [0.5, 0.6) is 0 Å². The SMILES string of the molecule is CC(C)NC(=O)c1cc2c(cc1F)SC[C@H](NC(=O)OC(C)(C)C)C(=O)N2Cc1ccc(Cl)cc1F. The molecular weight excluding hydrogens is 512 g/mol. The average molecular weight is 540 g/mol. The van der Waals surface area contributed by atoms with E-state index in [1.165, 1.54) is 29.2 Å². The number of amides is 3. The van der Waals surface area contributed by atoms with Gasteiger partial charge in [-0.05, 0) is 58.9 Å². The summed E-state index contributed by atoms with van der Waals surface area (Å²) in [5.41, 5.74) is -0.666. The summed E-state index contributed by atoms with van der Waals surface area (Å²) in [4.78, 5) is 40.3. The Hall–Kier alpha value is -2.85. The summed E-state index contributed by atoms with van der Waals surface area (Å²) in [7, 11) is 0. The molecule has 1 heterocycles. The van der Waals surface area contributed by atoms with Crippen molar-refractivity contribution in [3.8, 4) is 0 Å². The lowest BCUT2D eigenvalue weighted by molar-refractivity contribution is -0.120. The maximum Gasteiger partial charge on any atom is 0.408 e. The van der Waals surface area contributed by atoms with Gasteiger partial charge in [0.15, 0.2) is 0 Å². The topological polar surface area (TPSA) is 87.7 Å². The van der Waals surface area contributed by atoms with Gasteiger partial charge in [-0.3, -0.25) is 9.59 Å². The first-order valence-electron chi connectivity index (χ1n) is 11.3. The third-order valence-electron chi connectivity index (χ3n) is 5.01. The van der Waals surface area contributed by atoms with Crippen LogP contribution in [-0.4, -0.2) is 41.3 Å². The molecule has 0 aromatic heterocycles. The number of ether oxygens (including phenoxy) is 1. The van der Waals surface area contributed by atoms with Crippen LogP contribution < -0.4 is 15.5 Å². The number of benzene rings is 2. The van der Waals surface area contributed by atoms with Crippen LogP contribution >= 0.6 is 23.4 Å². The zero-order valence-corrected chi connectivity index (χ0v) is 22.2. The Morgan fingerprint density at radius 1 is 1.19 bits per heavy atom. The van der Waals surface area contributed by atoms with E-state index in [1.807, 2.05) is 0 Å². The second-order valence-electron chi connectivity index (χ2n) is 9.60. The lowest BCUT2D eigenvalue weighted by atomic mass is 10.1. The summed E-state index contributed by atoms with van der Waals surface area (Å²) in [6.07, 6.45) is -0.798. The number of thioether (sulfide) groups is 1. The van der Waals surface area contributed by atoms with Crippen LogP contribution in [0.15, 0.2) is 35.2 Å². The van der Waals surface area contributed by atoms with Crippen LogP contribution in [-0.2, 0) is 16.1 Å². The monoisotopic (exact) mass is 539 g/mol. The number of hydrogen-bond acceptors (Lipinski definition) is 5. The Labute approximate surface area is 217 Å². The third-order valence-corrected chi connectivity index (χ3v) is 6.38. The highest BCUT2D eigenvalue weighted by molar-refractivity contribution is 7.99. The second kappa shape index (κ2) is 11.0. The van der Waals surface area contributed by atoms with Crippen LogP contribution in [0.3, 0.4) is 0 Å². The van der Waals surface area contributed by atoms with Crippen molar-refractivity contribution in [1.29, 1.82) is 0 Å². The molecule has 0 spiro atoms. The first-order chi connectivity index (χ1) is 16.7. The zero-order chi connectivity index (χ0) is 26.8. The fourth-order valence-electron chi connectivity index (χ4n) is 3.47. The number of hydrogen-bond donors (Lipinski definition) is 2. The largest absolute Gasteiger partial charge is 0.444 e. The van der Waals surface area contributed by atoms with Gasteiger partial charge in [-0.1, -0.05) is 17.7 Å². The van der Waals surface area contributed by atoms with Crippen molar-refractivity contribution in [1.82, 2.24) is 10.6 Å². The van der Waals surface area contributed by atoms with Gasteiger partial charge in [0.1, 0.15) is 23.3 Å². The number of anilines is 1. The van der Waals surface area contributed by atoms with E-state index < -0.39 is 41.2 Å². The van der Waals surface area contributed by atoms with Crippen LogP contribution in [0.4, 0.5) is 19.3 Å². The van der Waals surface area contributed by atoms with Gasteiger partial charge in [-0.25, -0.2) is 13.6 Å². The minimum Gasteiger partial charge on any atom is -0.444 e. The van der Waals surface area contributed by atoms with Crippen molar-refractivity contribution < 1.29 is 27.9 Å². The van der Waals surface area contributed by atoms with Gasteiger partial charge >= 0.3 is 6.09 Å². The molecule has 1 atom stereocenters. The maximum absolute atomic E-state index is 14.9. The number of nitrogens with one attached hydrogen (secondary N) is 2. The van der Waals surface area contributed by atoms with Gasteiger partial charge in [0.2, 0.25) is 0 Å². The molecule has 2 N–H and O–H groups in total. The standard InChI is InChI=1S/C25H28ClF2N3O4S/c1-13(2)29-22(32)16-9-20-21(10-18(16)28)36-12-19(30-24(34)35-25(3,4)5)23(33)31(20)11-14-6-7-15(26)8-17(14)27/h6-10,13,19H,11-12H2,1-5H3,(H,29,32)(H,30,34)/t19-/m0/s1. The van der Waals surface area contributed by atoms with E-state index in [-0.39, 0.29) is 40.2 Å². The molecule has 7 nitrogen and oxygen atoms in total. The molecule has 0 fully saturated rings. The molecule has 1 aliphatic heterocycles. The Kier molecular flexibility index (Phi) is 8.51. The normalized spacial score (nSPS) is 15.9. The third kappa shape index (κ3) is 6.88. The Balaban J connectivity index is 2.05. The Morgan fingerprint density at radius 2 is 1.89 bits per heavy atom. The van der Waals surface area contributed by atoms with E-state index in [0.29, 0.717) is 4.90 Å². The number of fused-ring (bicyclic) bond motifs is 1. The maximum atomic E-state index is 14.9. The molecule has 0 bridgehead atoms. The molecular formula is C25H28ClF2N3O4S. The van der Waals surface area contributed by atoms with Crippen LogP contribution in [0, 0.1) is 11.6 Å². The van der Waals surface area contributed by atoms with Crippen molar-refractivity contribution in [2.75, 3.05) is 10.7 Å². The Morgan fingerprint density at radius 3 is 2.50 bits per heavy atom. The highest BCUT2D eigenvalue weighted by Crippen LogP contribution is 2.37.